The number of nitrogens with zero attached hydrogens (tertiary/aromatic N) is 2. The maximum atomic E-state index is 12.5. The predicted molar refractivity (Wildman–Crippen MR) is 75.8 cm³/mol. The van der Waals surface area contributed by atoms with E-state index in [4.69, 9.17) is 0 Å². The first-order valence-corrected chi connectivity index (χ1v) is 6.72. The van der Waals surface area contributed by atoms with Gasteiger partial charge >= 0.3 is 0 Å². The summed E-state index contributed by atoms with van der Waals surface area (Å²) in [5.41, 5.74) is 0.774. The lowest BCUT2D eigenvalue weighted by Crippen LogP contribution is -2.31. The molecule has 6 heteroatoms. The van der Waals surface area contributed by atoms with E-state index in [-0.39, 0.29) is 17.2 Å². The quantitative estimate of drug-likeness (QED) is 0.669. The number of nitrogens with one attached hydrogen (secondary N) is 1. The van der Waals surface area contributed by atoms with Crippen LogP contribution in [0.15, 0.2) is 18.2 Å². The Hall–Kier alpha value is -1.95. The topological polar surface area (TPSA) is 75.5 Å². The predicted octanol–water partition coefficient (Wildman–Crippen LogP) is 1.58. The minimum atomic E-state index is -0.485. The van der Waals surface area contributed by atoms with E-state index in [1.54, 1.807) is 24.0 Å². The fourth-order valence-corrected chi connectivity index (χ4v) is 2.71. The molecular formula is C14H19N3O3. The van der Waals surface area contributed by atoms with Gasteiger partial charge in [-0.05, 0) is 38.4 Å². The number of carbonyl (C=O) groups is 1. The fraction of sp³-hybridized carbons (Fsp3) is 0.500. The zero-order valence-electron chi connectivity index (χ0n) is 11.8. The summed E-state index contributed by atoms with van der Waals surface area (Å²) in [6.07, 6.45) is 0.937. The van der Waals surface area contributed by atoms with Crippen LogP contribution in [0.25, 0.3) is 0 Å². The van der Waals surface area contributed by atoms with Gasteiger partial charge in [0.1, 0.15) is 5.56 Å². The molecule has 1 aromatic rings. The van der Waals surface area contributed by atoms with E-state index in [2.05, 4.69) is 5.32 Å². The number of nitro groups is 1. The lowest BCUT2D eigenvalue weighted by atomic mass is 10.1. The van der Waals surface area contributed by atoms with Crippen LogP contribution in [0.1, 0.15) is 22.3 Å². The summed E-state index contributed by atoms with van der Waals surface area (Å²) >= 11 is 0. The number of rotatable bonds is 4. The van der Waals surface area contributed by atoms with Gasteiger partial charge in [0.15, 0.2) is 0 Å². The van der Waals surface area contributed by atoms with Crippen LogP contribution in [0.2, 0.25) is 0 Å². The lowest BCUT2D eigenvalue weighted by molar-refractivity contribution is -0.385. The minimum Gasteiger partial charge on any atom is -0.338 e. The van der Waals surface area contributed by atoms with Crippen molar-refractivity contribution < 1.29 is 9.72 Å². The summed E-state index contributed by atoms with van der Waals surface area (Å²) in [5.74, 6) is 0.195. The maximum absolute atomic E-state index is 12.5. The molecule has 108 valence electrons. The van der Waals surface area contributed by atoms with Gasteiger partial charge in [-0.25, -0.2) is 0 Å². The second-order valence-electron chi connectivity index (χ2n) is 5.19. The Morgan fingerprint density at radius 2 is 2.30 bits per heavy atom. The van der Waals surface area contributed by atoms with Crippen molar-refractivity contribution in [3.8, 4) is 0 Å². The molecule has 1 amide bonds. The third-order valence-corrected chi connectivity index (χ3v) is 3.73. The Labute approximate surface area is 117 Å². The van der Waals surface area contributed by atoms with Crippen molar-refractivity contribution in [3.63, 3.8) is 0 Å². The van der Waals surface area contributed by atoms with Gasteiger partial charge in [0.05, 0.1) is 4.92 Å². The molecule has 1 atom stereocenters. The summed E-state index contributed by atoms with van der Waals surface area (Å²) in [5, 5.41) is 14.2. The highest BCUT2D eigenvalue weighted by molar-refractivity contribution is 5.99. The monoisotopic (exact) mass is 277 g/mol. The second kappa shape index (κ2) is 6.00. The van der Waals surface area contributed by atoms with Crippen LogP contribution in [0.4, 0.5) is 5.69 Å². The van der Waals surface area contributed by atoms with Gasteiger partial charge in [-0.2, -0.15) is 0 Å². The number of nitro benzene ring substituents is 1. The van der Waals surface area contributed by atoms with E-state index in [0.29, 0.717) is 24.6 Å². The van der Waals surface area contributed by atoms with Crippen molar-refractivity contribution in [2.75, 3.05) is 26.7 Å². The Kier molecular flexibility index (Phi) is 4.34. The van der Waals surface area contributed by atoms with Crippen LogP contribution in [0, 0.1) is 23.0 Å². The van der Waals surface area contributed by atoms with Crippen molar-refractivity contribution in [1.29, 1.82) is 0 Å². The third kappa shape index (κ3) is 2.80. The average Bonchev–Trinajstić information content (AvgIpc) is 2.86. The molecule has 1 aromatic carbocycles. The molecule has 6 nitrogen and oxygen atoms in total. The molecule has 1 aliphatic rings. The van der Waals surface area contributed by atoms with Gasteiger partial charge in [-0.15, -0.1) is 0 Å². The summed E-state index contributed by atoms with van der Waals surface area (Å²) < 4.78 is 0. The van der Waals surface area contributed by atoms with Gasteiger partial charge < -0.3 is 10.2 Å². The molecule has 0 saturated carbocycles. The molecule has 1 saturated heterocycles. The smallest absolute Gasteiger partial charge is 0.282 e. The van der Waals surface area contributed by atoms with Crippen LogP contribution in [0.3, 0.4) is 0 Å². The lowest BCUT2D eigenvalue weighted by Gasteiger charge is -2.17. The largest absolute Gasteiger partial charge is 0.338 e. The van der Waals surface area contributed by atoms with E-state index in [0.717, 1.165) is 13.0 Å². The van der Waals surface area contributed by atoms with Gasteiger partial charge in [-0.3, -0.25) is 14.9 Å². The van der Waals surface area contributed by atoms with Crippen LogP contribution >= 0.6 is 0 Å². The van der Waals surface area contributed by atoms with Gasteiger partial charge in [-0.1, -0.05) is 12.1 Å². The number of carbonyl (C=O) groups excluding carboxylic acids is 1. The van der Waals surface area contributed by atoms with Gasteiger partial charge in [0.2, 0.25) is 0 Å². The first-order valence-electron chi connectivity index (χ1n) is 6.72. The summed E-state index contributed by atoms with van der Waals surface area (Å²) in [7, 11) is 1.89. The molecule has 20 heavy (non-hydrogen) atoms. The molecule has 0 radical (unpaired) electrons. The normalized spacial score (nSPS) is 18.3. The van der Waals surface area contributed by atoms with Crippen molar-refractivity contribution in [1.82, 2.24) is 10.2 Å². The molecule has 0 spiro atoms. The Morgan fingerprint density at radius 3 is 2.95 bits per heavy atom. The average molecular weight is 277 g/mol. The van der Waals surface area contributed by atoms with E-state index in [1.807, 2.05) is 7.05 Å². The molecule has 1 fully saturated rings. The third-order valence-electron chi connectivity index (χ3n) is 3.73. The molecule has 0 aromatic heterocycles. The first-order chi connectivity index (χ1) is 9.54. The van der Waals surface area contributed by atoms with Crippen LogP contribution in [0.5, 0.6) is 0 Å². The molecule has 1 unspecified atom stereocenters. The van der Waals surface area contributed by atoms with Gasteiger partial charge in [0.25, 0.3) is 11.6 Å². The summed E-state index contributed by atoms with van der Waals surface area (Å²) in [6.45, 7) is 3.92. The van der Waals surface area contributed by atoms with Crippen LogP contribution in [-0.2, 0) is 0 Å². The standard InChI is InChI=1S/C14H19N3O3/c1-10-4-3-5-12(17(19)20)13(10)14(18)16-7-6-11(9-16)8-15-2/h3-5,11,15H,6-9H2,1-2H3. The van der Waals surface area contributed by atoms with Crippen LogP contribution < -0.4 is 5.32 Å². The number of amides is 1. The highest BCUT2D eigenvalue weighted by Gasteiger charge is 2.31. The van der Waals surface area contributed by atoms with Gasteiger partial charge in [0, 0.05) is 19.2 Å². The molecule has 0 bridgehead atoms. The number of hydrogen-bond acceptors (Lipinski definition) is 4. The van der Waals surface area contributed by atoms with E-state index in [1.165, 1.54) is 6.07 Å². The van der Waals surface area contributed by atoms with E-state index in [9.17, 15) is 14.9 Å². The molecule has 0 aliphatic carbocycles. The Bertz CT molecular complexity index is 530. The molecular weight excluding hydrogens is 258 g/mol. The maximum Gasteiger partial charge on any atom is 0.282 e. The zero-order valence-corrected chi connectivity index (χ0v) is 11.8. The Morgan fingerprint density at radius 1 is 1.55 bits per heavy atom. The first kappa shape index (κ1) is 14.5. The molecule has 1 N–H and O–H groups in total. The highest BCUT2D eigenvalue weighted by Crippen LogP contribution is 2.26. The van der Waals surface area contributed by atoms with E-state index >= 15 is 0 Å². The zero-order chi connectivity index (χ0) is 14.7. The number of likely N-dealkylation sites (tertiary alicyclic amines) is 1. The minimum absolute atomic E-state index is 0.105. The summed E-state index contributed by atoms with van der Waals surface area (Å²) in [6, 6.07) is 4.74. The molecule has 1 aliphatic heterocycles. The SMILES string of the molecule is CNCC1CCN(C(=O)c2c(C)cccc2[N+](=O)[O-])C1. The fourth-order valence-electron chi connectivity index (χ4n) is 2.71. The van der Waals surface area contributed by atoms with E-state index < -0.39 is 4.92 Å². The number of benzene rings is 1. The van der Waals surface area contributed by atoms with Crippen molar-refractivity contribution >= 4 is 11.6 Å². The molecule has 1 heterocycles. The second-order valence-corrected chi connectivity index (χ2v) is 5.19. The number of hydrogen-bond donors (Lipinski definition) is 1. The van der Waals surface area contributed by atoms with Crippen molar-refractivity contribution in [3.05, 3.63) is 39.4 Å². The Balaban J connectivity index is 2.24. The molecule has 2 rings (SSSR count). The summed E-state index contributed by atoms with van der Waals surface area (Å²) in [4.78, 5) is 24.9. The number of aryl methyl sites for hydroxylation is 1. The van der Waals surface area contributed by atoms with Crippen molar-refractivity contribution in [2.45, 2.75) is 13.3 Å². The van der Waals surface area contributed by atoms with Crippen LogP contribution in [-0.4, -0.2) is 42.4 Å². The van der Waals surface area contributed by atoms with Crippen molar-refractivity contribution in [2.24, 2.45) is 5.92 Å². The highest BCUT2D eigenvalue weighted by atomic mass is 16.6.